The molecule has 0 saturated carbocycles. The van der Waals surface area contributed by atoms with Crippen molar-refractivity contribution < 1.29 is 4.79 Å². The van der Waals surface area contributed by atoms with Crippen LogP contribution in [0.15, 0.2) is 6.20 Å². The zero-order valence-corrected chi connectivity index (χ0v) is 14.1. The van der Waals surface area contributed by atoms with Gasteiger partial charge in [-0.15, -0.1) is 11.3 Å². The van der Waals surface area contributed by atoms with Crippen LogP contribution in [0, 0.1) is 6.92 Å². The van der Waals surface area contributed by atoms with Crippen molar-refractivity contribution in [1.29, 1.82) is 0 Å². The quantitative estimate of drug-likeness (QED) is 0.846. The van der Waals surface area contributed by atoms with Crippen molar-refractivity contribution in [1.82, 2.24) is 20.5 Å². The van der Waals surface area contributed by atoms with Gasteiger partial charge in [0.2, 0.25) is 0 Å². The van der Waals surface area contributed by atoms with Crippen LogP contribution < -0.4 is 10.6 Å². The fraction of sp³-hybridized carbons (Fsp3) is 0.714. The number of carbonyl (C=O) groups excluding carboxylic acids is 1. The number of nitrogens with zero attached hydrogens (tertiary/aromatic N) is 2. The van der Waals surface area contributed by atoms with E-state index in [0.717, 1.165) is 5.01 Å². The van der Waals surface area contributed by atoms with Gasteiger partial charge in [0.15, 0.2) is 0 Å². The number of likely N-dealkylation sites (N-methyl/N-ethyl adjacent to an activating group) is 1. The Balaban J connectivity index is 2.33. The number of carbonyl (C=O) groups is 1. The first-order valence-electron chi connectivity index (χ1n) is 6.84. The zero-order chi connectivity index (χ0) is 15.3. The van der Waals surface area contributed by atoms with E-state index in [9.17, 15) is 4.79 Å². The van der Waals surface area contributed by atoms with Crippen LogP contribution in [0.4, 0.5) is 4.79 Å². The highest BCUT2D eigenvalue weighted by molar-refractivity contribution is 7.11. The van der Waals surface area contributed by atoms with E-state index in [2.05, 4.69) is 41.3 Å². The third-order valence-electron chi connectivity index (χ3n) is 3.52. The van der Waals surface area contributed by atoms with Crippen LogP contribution in [-0.2, 0) is 0 Å². The number of thiazole rings is 1. The third-order valence-corrected chi connectivity index (χ3v) is 4.67. The number of rotatable bonds is 6. The monoisotopic (exact) mass is 298 g/mol. The summed E-state index contributed by atoms with van der Waals surface area (Å²) in [7, 11) is 4.01. The largest absolute Gasteiger partial charge is 0.337 e. The predicted octanol–water partition coefficient (Wildman–Crippen LogP) is 2.19. The molecule has 0 unspecified atom stereocenters. The van der Waals surface area contributed by atoms with Crippen molar-refractivity contribution in [2.75, 3.05) is 27.2 Å². The molecule has 0 bridgehead atoms. The Bertz CT molecular complexity index is 442. The van der Waals surface area contributed by atoms with Crippen molar-refractivity contribution >= 4 is 17.4 Å². The summed E-state index contributed by atoms with van der Waals surface area (Å²) < 4.78 is 0. The summed E-state index contributed by atoms with van der Waals surface area (Å²) in [5, 5.41) is 6.87. The molecule has 1 heterocycles. The fourth-order valence-corrected chi connectivity index (χ4v) is 2.28. The Kier molecular flexibility index (Phi) is 5.95. The first kappa shape index (κ1) is 16.9. The van der Waals surface area contributed by atoms with Gasteiger partial charge in [-0.2, -0.15) is 0 Å². The van der Waals surface area contributed by atoms with Crippen LogP contribution in [0.3, 0.4) is 0 Å². The highest BCUT2D eigenvalue weighted by atomic mass is 32.1. The van der Waals surface area contributed by atoms with Crippen molar-refractivity contribution in [3.05, 3.63) is 16.1 Å². The van der Waals surface area contributed by atoms with E-state index in [1.165, 1.54) is 4.88 Å². The van der Waals surface area contributed by atoms with Gasteiger partial charge in [0.05, 0.1) is 5.01 Å². The van der Waals surface area contributed by atoms with E-state index in [-0.39, 0.29) is 17.5 Å². The van der Waals surface area contributed by atoms with Crippen LogP contribution in [0.25, 0.3) is 0 Å². The van der Waals surface area contributed by atoms with E-state index in [4.69, 9.17) is 0 Å². The number of aromatic nitrogens is 1. The second kappa shape index (κ2) is 7.04. The van der Waals surface area contributed by atoms with Gasteiger partial charge < -0.3 is 15.5 Å². The first-order chi connectivity index (χ1) is 9.22. The maximum atomic E-state index is 11.8. The molecule has 2 N–H and O–H groups in total. The molecule has 0 aliphatic heterocycles. The van der Waals surface area contributed by atoms with E-state index in [1.807, 2.05) is 27.2 Å². The molecule has 6 heteroatoms. The molecule has 0 saturated heterocycles. The average molecular weight is 298 g/mol. The lowest BCUT2D eigenvalue weighted by molar-refractivity contribution is 0.186. The minimum absolute atomic E-state index is 0.0601. The maximum absolute atomic E-state index is 11.8. The van der Waals surface area contributed by atoms with E-state index in [1.54, 1.807) is 11.3 Å². The van der Waals surface area contributed by atoms with E-state index < -0.39 is 0 Å². The summed E-state index contributed by atoms with van der Waals surface area (Å²) in [5.41, 5.74) is -0.0601. The van der Waals surface area contributed by atoms with Crippen molar-refractivity contribution in [2.45, 2.75) is 39.2 Å². The topological polar surface area (TPSA) is 57.3 Å². The molecular formula is C14H26N4OS. The Hall–Kier alpha value is -1.14. The minimum atomic E-state index is -0.125. The first-order valence-corrected chi connectivity index (χ1v) is 7.65. The molecule has 1 rings (SSSR count). The van der Waals surface area contributed by atoms with Gasteiger partial charge in [-0.3, -0.25) is 0 Å². The summed E-state index contributed by atoms with van der Waals surface area (Å²) >= 11 is 1.68. The summed E-state index contributed by atoms with van der Waals surface area (Å²) in [6.07, 6.45) is 1.87. The number of amides is 2. The number of nitrogens with one attached hydrogen (secondary N) is 2. The van der Waals surface area contributed by atoms with Crippen molar-refractivity contribution in [3.8, 4) is 0 Å². The second-order valence-electron chi connectivity index (χ2n) is 5.98. The molecule has 1 aromatic heterocycles. The Morgan fingerprint density at radius 1 is 1.45 bits per heavy atom. The highest BCUT2D eigenvalue weighted by Gasteiger charge is 2.21. The van der Waals surface area contributed by atoms with Gasteiger partial charge in [-0.1, -0.05) is 6.92 Å². The molecular weight excluding hydrogens is 272 g/mol. The van der Waals surface area contributed by atoms with Gasteiger partial charge in [0.25, 0.3) is 0 Å². The van der Waals surface area contributed by atoms with Gasteiger partial charge in [-0.25, -0.2) is 9.78 Å². The normalized spacial score (nSPS) is 13.3. The summed E-state index contributed by atoms with van der Waals surface area (Å²) in [5.74, 6) is 0.237. The van der Waals surface area contributed by atoms with Crippen molar-refractivity contribution in [3.63, 3.8) is 0 Å². The highest BCUT2D eigenvalue weighted by Crippen LogP contribution is 2.20. The molecule has 114 valence electrons. The van der Waals surface area contributed by atoms with Crippen molar-refractivity contribution in [2.24, 2.45) is 0 Å². The molecule has 2 amide bonds. The number of urea groups is 1. The molecule has 0 aliphatic rings. The summed E-state index contributed by atoms with van der Waals surface area (Å²) in [6.45, 7) is 9.50. The third kappa shape index (κ3) is 5.09. The summed E-state index contributed by atoms with van der Waals surface area (Å²) in [4.78, 5) is 19.4. The van der Waals surface area contributed by atoms with Crippen LogP contribution >= 0.6 is 11.3 Å². The number of hydrogen-bond donors (Lipinski definition) is 2. The minimum Gasteiger partial charge on any atom is -0.337 e. The summed E-state index contributed by atoms with van der Waals surface area (Å²) in [6, 6.07) is -0.125. The fourth-order valence-electron chi connectivity index (χ4n) is 1.45. The lowest BCUT2D eigenvalue weighted by Crippen LogP contribution is -2.50. The Morgan fingerprint density at radius 2 is 2.10 bits per heavy atom. The molecule has 0 radical (unpaired) electrons. The molecule has 1 aromatic rings. The number of aryl methyl sites for hydroxylation is 1. The molecule has 0 aliphatic carbocycles. The molecule has 20 heavy (non-hydrogen) atoms. The molecule has 0 spiro atoms. The molecule has 1 atom stereocenters. The Morgan fingerprint density at radius 3 is 2.60 bits per heavy atom. The maximum Gasteiger partial charge on any atom is 0.314 e. The van der Waals surface area contributed by atoms with Crippen LogP contribution in [0.2, 0.25) is 0 Å². The predicted molar refractivity (Wildman–Crippen MR) is 84.4 cm³/mol. The SMILES string of the molecule is Cc1cnc([C@@H](C)CNC(=O)NCC(C)(C)N(C)C)s1. The average Bonchev–Trinajstić information content (AvgIpc) is 2.80. The second-order valence-corrected chi connectivity index (χ2v) is 7.25. The van der Waals surface area contributed by atoms with Gasteiger partial charge in [-0.05, 0) is 34.9 Å². The standard InChI is InChI=1S/C14H26N4OS/c1-10(12-15-8-11(2)20-12)7-16-13(19)17-9-14(3,4)18(5)6/h8,10H,7,9H2,1-6H3,(H2,16,17,19)/t10-/m0/s1. The Labute approximate surface area is 125 Å². The molecule has 5 nitrogen and oxygen atoms in total. The molecule has 0 aromatic carbocycles. The zero-order valence-electron chi connectivity index (χ0n) is 13.3. The van der Waals surface area contributed by atoms with Crippen LogP contribution in [-0.4, -0.2) is 48.6 Å². The number of hydrogen-bond acceptors (Lipinski definition) is 4. The lowest BCUT2D eigenvalue weighted by Gasteiger charge is -2.32. The van der Waals surface area contributed by atoms with Gasteiger partial charge in [0, 0.05) is 35.6 Å². The van der Waals surface area contributed by atoms with E-state index >= 15 is 0 Å². The lowest BCUT2D eigenvalue weighted by atomic mass is 10.0. The van der Waals surface area contributed by atoms with Gasteiger partial charge >= 0.3 is 6.03 Å². The van der Waals surface area contributed by atoms with Gasteiger partial charge in [0.1, 0.15) is 0 Å². The van der Waals surface area contributed by atoms with Crippen LogP contribution in [0.5, 0.6) is 0 Å². The van der Waals surface area contributed by atoms with E-state index in [0.29, 0.717) is 13.1 Å². The van der Waals surface area contributed by atoms with Crippen LogP contribution in [0.1, 0.15) is 36.6 Å². The molecule has 0 fully saturated rings. The smallest absolute Gasteiger partial charge is 0.314 e.